The minimum absolute atomic E-state index is 0.822. The number of para-hydroxylation sites is 2. The molecule has 3 heteroatoms. The van der Waals surface area contributed by atoms with Gasteiger partial charge in [-0.05, 0) is 44.4 Å². The number of hydrogen-bond donors (Lipinski definition) is 0. The molecule has 1 aliphatic rings. The second-order valence-electron chi connectivity index (χ2n) is 5.87. The van der Waals surface area contributed by atoms with E-state index < -0.39 is 0 Å². The van der Waals surface area contributed by atoms with Crippen molar-refractivity contribution in [2.45, 2.75) is 51.6 Å². The summed E-state index contributed by atoms with van der Waals surface area (Å²) < 4.78 is 2.29. The Morgan fingerprint density at radius 3 is 3.00 bits per heavy atom. The third-order valence-corrected chi connectivity index (χ3v) is 4.59. The third kappa shape index (κ3) is 2.88. The summed E-state index contributed by atoms with van der Waals surface area (Å²) in [7, 11) is 0. The fourth-order valence-corrected chi connectivity index (χ4v) is 3.45. The van der Waals surface area contributed by atoms with Gasteiger partial charge in [-0.25, -0.2) is 4.98 Å². The number of fused-ring (bicyclic) bond motifs is 1. The average molecular weight is 271 g/mol. The summed E-state index contributed by atoms with van der Waals surface area (Å²) in [6.45, 7) is 5.92. The van der Waals surface area contributed by atoms with E-state index in [0.29, 0.717) is 0 Å². The van der Waals surface area contributed by atoms with Crippen LogP contribution in [0.1, 0.15) is 39.0 Å². The predicted molar refractivity (Wildman–Crippen MR) is 83.9 cm³/mol. The molecular formula is C17H25N3. The number of imidazole rings is 1. The van der Waals surface area contributed by atoms with Crippen molar-refractivity contribution < 1.29 is 0 Å². The van der Waals surface area contributed by atoms with Crippen molar-refractivity contribution in [3.8, 4) is 0 Å². The molecule has 1 aromatic heterocycles. The molecule has 1 aliphatic heterocycles. The molecule has 0 bridgehead atoms. The lowest BCUT2D eigenvalue weighted by Gasteiger charge is -2.35. The molecule has 2 heterocycles. The first-order valence-corrected chi connectivity index (χ1v) is 8.02. The second kappa shape index (κ2) is 6.40. The minimum Gasteiger partial charge on any atom is -0.331 e. The monoisotopic (exact) mass is 271 g/mol. The van der Waals surface area contributed by atoms with Gasteiger partial charge in [-0.3, -0.25) is 0 Å². The Kier molecular flexibility index (Phi) is 4.36. The highest BCUT2D eigenvalue weighted by atomic mass is 15.2. The molecule has 1 aromatic carbocycles. The molecule has 0 spiro atoms. The Bertz CT molecular complexity index is 546. The lowest BCUT2D eigenvalue weighted by atomic mass is 10.00. The van der Waals surface area contributed by atoms with E-state index in [1.165, 1.54) is 50.7 Å². The molecule has 3 nitrogen and oxygen atoms in total. The molecule has 0 aliphatic carbocycles. The maximum atomic E-state index is 4.46. The van der Waals surface area contributed by atoms with E-state index in [9.17, 15) is 0 Å². The zero-order chi connectivity index (χ0) is 13.8. The first-order chi connectivity index (χ1) is 9.88. The van der Waals surface area contributed by atoms with E-state index in [2.05, 4.69) is 45.6 Å². The largest absolute Gasteiger partial charge is 0.331 e. The lowest BCUT2D eigenvalue weighted by Crippen LogP contribution is -2.39. The van der Waals surface area contributed by atoms with Crippen LogP contribution in [0.15, 0.2) is 30.6 Å². The van der Waals surface area contributed by atoms with Gasteiger partial charge in [-0.15, -0.1) is 0 Å². The SMILES string of the molecule is CCC1CCCCN1CCCn1cnc2ccccc21. The van der Waals surface area contributed by atoms with Crippen LogP contribution in [0.25, 0.3) is 11.0 Å². The molecule has 108 valence electrons. The van der Waals surface area contributed by atoms with Gasteiger partial charge in [0, 0.05) is 19.1 Å². The summed E-state index contributed by atoms with van der Waals surface area (Å²) in [5.74, 6) is 0. The normalized spacial score (nSPS) is 20.6. The van der Waals surface area contributed by atoms with Gasteiger partial charge in [0.15, 0.2) is 0 Å². The highest BCUT2D eigenvalue weighted by Gasteiger charge is 2.19. The molecule has 1 unspecified atom stereocenters. The average Bonchev–Trinajstić information content (AvgIpc) is 2.91. The second-order valence-corrected chi connectivity index (χ2v) is 5.87. The Labute approximate surface area is 121 Å². The van der Waals surface area contributed by atoms with Gasteiger partial charge in [-0.1, -0.05) is 25.5 Å². The molecule has 2 aromatic rings. The summed E-state index contributed by atoms with van der Waals surface area (Å²) in [5.41, 5.74) is 2.37. The van der Waals surface area contributed by atoms with Gasteiger partial charge in [0.25, 0.3) is 0 Å². The van der Waals surface area contributed by atoms with Crippen molar-refractivity contribution in [2.75, 3.05) is 13.1 Å². The smallest absolute Gasteiger partial charge is 0.0958 e. The fourth-order valence-electron chi connectivity index (χ4n) is 3.45. The number of piperidine rings is 1. The summed E-state index contributed by atoms with van der Waals surface area (Å²) in [4.78, 5) is 7.16. The number of nitrogens with zero attached hydrogens (tertiary/aromatic N) is 3. The van der Waals surface area contributed by atoms with Crippen LogP contribution in [-0.4, -0.2) is 33.6 Å². The van der Waals surface area contributed by atoms with Gasteiger partial charge in [0.05, 0.1) is 17.4 Å². The predicted octanol–water partition coefficient (Wildman–Crippen LogP) is 3.69. The zero-order valence-electron chi connectivity index (χ0n) is 12.5. The number of hydrogen-bond acceptors (Lipinski definition) is 2. The van der Waals surface area contributed by atoms with Crippen molar-refractivity contribution in [2.24, 2.45) is 0 Å². The van der Waals surface area contributed by atoms with Crippen molar-refractivity contribution in [1.29, 1.82) is 0 Å². The first-order valence-electron chi connectivity index (χ1n) is 8.02. The quantitative estimate of drug-likeness (QED) is 0.827. The van der Waals surface area contributed by atoms with Crippen LogP contribution in [0.5, 0.6) is 0 Å². The Morgan fingerprint density at radius 2 is 2.10 bits per heavy atom. The van der Waals surface area contributed by atoms with Gasteiger partial charge in [-0.2, -0.15) is 0 Å². The van der Waals surface area contributed by atoms with Gasteiger partial charge >= 0.3 is 0 Å². The molecule has 20 heavy (non-hydrogen) atoms. The molecule has 3 rings (SSSR count). The first kappa shape index (κ1) is 13.6. The number of likely N-dealkylation sites (tertiary alicyclic amines) is 1. The van der Waals surface area contributed by atoms with Crippen molar-refractivity contribution >= 4 is 11.0 Å². The summed E-state index contributed by atoms with van der Waals surface area (Å²) >= 11 is 0. The van der Waals surface area contributed by atoms with Gasteiger partial charge < -0.3 is 9.47 Å². The molecular weight excluding hydrogens is 246 g/mol. The Morgan fingerprint density at radius 1 is 1.20 bits per heavy atom. The van der Waals surface area contributed by atoms with Crippen molar-refractivity contribution in [3.05, 3.63) is 30.6 Å². The van der Waals surface area contributed by atoms with Crippen LogP contribution >= 0.6 is 0 Å². The number of aromatic nitrogens is 2. The highest BCUT2D eigenvalue weighted by Crippen LogP contribution is 2.20. The highest BCUT2D eigenvalue weighted by molar-refractivity contribution is 5.74. The van der Waals surface area contributed by atoms with E-state index in [1.807, 2.05) is 6.33 Å². The lowest BCUT2D eigenvalue weighted by molar-refractivity contribution is 0.141. The number of aryl methyl sites for hydroxylation is 1. The van der Waals surface area contributed by atoms with Crippen LogP contribution in [0, 0.1) is 0 Å². The zero-order valence-corrected chi connectivity index (χ0v) is 12.5. The van der Waals surface area contributed by atoms with Crippen molar-refractivity contribution in [1.82, 2.24) is 14.5 Å². The molecule has 0 saturated carbocycles. The topological polar surface area (TPSA) is 21.1 Å². The number of rotatable bonds is 5. The molecule has 1 atom stereocenters. The van der Waals surface area contributed by atoms with Crippen molar-refractivity contribution in [3.63, 3.8) is 0 Å². The Hall–Kier alpha value is -1.35. The minimum atomic E-state index is 0.822. The standard InChI is InChI=1S/C17H25N3/c1-2-15-8-5-6-11-19(15)12-7-13-20-14-18-16-9-3-4-10-17(16)20/h3-4,9-10,14-15H,2,5-8,11-13H2,1H3. The van der Waals surface area contributed by atoms with Crippen LogP contribution in [0.3, 0.4) is 0 Å². The molecule has 0 N–H and O–H groups in total. The summed E-state index contributed by atoms with van der Waals surface area (Å²) in [6.07, 6.45) is 8.69. The maximum Gasteiger partial charge on any atom is 0.0958 e. The van der Waals surface area contributed by atoms with E-state index in [-0.39, 0.29) is 0 Å². The van der Waals surface area contributed by atoms with Crippen LogP contribution < -0.4 is 0 Å². The van der Waals surface area contributed by atoms with Gasteiger partial charge in [0.2, 0.25) is 0 Å². The maximum absolute atomic E-state index is 4.46. The van der Waals surface area contributed by atoms with Crippen LogP contribution in [0.2, 0.25) is 0 Å². The molecule has 1 fully saturated rings. The molecule has 1 saturated heterocycles. The van der Waals surface area contributed by atoms with E-state index >= 15 is 0 Å². The number of benzene rings is 1. The summed E-state index contributed by atoms with van der Waals surface area (Å²) in [6, 6.07) is 9.22. The van der Waals surface area contributed by atoms with E-state index in [4.69, 9.17) is 0 Å². The summed E-state index contributed by atoms with van der Waals surface area (Å²) in [5, 5.41) is 0. The Balaban J connectivity index is 1.57. The van der Waals surface area contributed by atoms with E-state index in [0.717, 1.165) is 18.1 Å². The molecule has 0 radical (unpaired) electrons. The fraction of sp³-hybridized carbons (Fsp3) is 0.588. The van der Waals surface area contributed by atoms with E-state index in [1.54, 1.807) is 0 Å². The third-order valence-electron chi connectivity index (χ3n) is 4.59. The van der Waals surface area contributed by atoms with Crippen LogP contribution in [0.4, 0.5) is 0 Å². The van der Waals surface area contributed by atoms with Gasteiger partial charge in [0.1, 0.15) is 0 Å². The van der Waals surface area contributed by atoms with Crippen LogP contribution in [-0.2, 0) is 6.54 Å². The molecule has 0 amide bonds.